The van der Waals surface area contributed by atoms with Crippen LogP contribution in [0, 0.1) is 0 Å². The van der Waals surface area contributed by atoms with Crippen LogP contribution in [0.5, 0.6) is 0 Å². The summed E-state index contributed by atoms with van der Waals surface area (Å²) in [6.45, 7) is 2.19. The predicted octanol–water partition coefficient (Wildman–Crippen LogP) is 1.77. The van der Waals surface area contributed by atoms with Crippen LogP contribution in [0.15, 0.2) is 48.5 Å². The third-order valence-corrected chi connectivity index (χ3v) is 5.83. The minimum Gasteiger partial charge on any atom is -0.545 e. The molecule has 1 aromatic heterocycles. The molecule has 0 radical (unpaired) electrons. The van der Waals surface area contributed by atoms with Gasteiger partial charge in [-0.25, -0.2) is 9.69 Å². The molecular formula is C21H16N3O4-. The van der Waals surface area contributed by atoms with Crippen LogP contribution >= 0.6 is 0 Å². The number of aromatic amines is 1. The van der Waals surface area contributed by atoms with Crippen molar-refractivity contribution >= 4 is 34.5 Å². The third kappa shape index (κ3) is 1.95. The van der Waals surface area contributed by atoms with Crippen LogP contribution < -0.4 is 10.0 Å². The lowest BCUT2D eigenvalue weighted by atomic mass is 9.87. The van der Waals surface area contributed by atoms with Gasteiger partial charge in [-0.1, -0.05) is 30.3 Å². The highest BCUT2D eigenvalue weighted by Gasteiger charge is 2.58. The molecule has 28 heavy (non-hydrogen) atoms. The van der Waals surface area contributed by atoms with Gasteiger partial charge in [-0.2, -0.15) is 0 Å². The Morgan fingerprint density at radius 1 is 1.11 bits per heavy atom. The molecule has 3 heterocycles. The monoisotopic (exact) mass is 374 g/mol. The number of carboxylic acids is 1. The van der Waals surface area contributed by atoms with E-state index in [0.717, 1.165) is 27.1 Å². The van der Waals surface area contributed by atoms with Crippen LogP contribution in [-0.2, 0) is 16.8 Å². The first-order chi connectivity index (χ1) is 13.4. The molecule has 2 aromatic carbocycles. The van der Waals surface area contributed by atoms with E-state index in [2.05, 4.69) is 4.98 Å². The van der Waals surface area contributed by atoms with Gasteiger partial charge < -0.3 is 19.8 Å². The number of carbonyl (C=O) groups excluding carboxylic acids is 3. The topological polar surface area (TPSA) is 96.5 Å². The number of imide groups is 1. The Bertz CT molecular complexity index is 1160. The number of hydrogen-bond donors (Lipinski definition) is 1. The van der Waals surface area contributed by atoms with Crippen molar-refractivity contribution in [3.8, 4) is 0 Å². The Balaban J connectivity index is 1.63. The highest BCUT2D eigenvalue weighted by atomic mass is 16.4. The molecule has 3 aromatic rings. The van der Waals surface area contributed by atoms with E-state index in [0.29, 0.717) is 18.7 Å². The molecule has 5 rings (SSSR count). The standard InChI is InChI=1S/C21H17N3O4/c1-21-17-15(14-4-2-3-5-16(14)22-17)10-11-23(21)20(28)24(19(21)27)13-8-6-12(7-9-13)18(25)26/h2-9,22H,10-11H2,1H3,(H,25,26)/p-1/t21-/m1/s1. The number of carboxylic acid groups (broad SMARTS) is 1. The van der Waals surface area contributed by atoms with Crippen molar-refractivity contribution in [2.45, 2.75) is 18.9 Å². The maximum absolute atomic E-state index is 13.4. The number of hydrogen-bond acceptors (Lipinski definition) is 4. The second-order valence-corrected chi connectivity index (χ2v) is 7.26. The SMILES string of the molecule is C[C@@]12C(=O)N(c3ccc(C(=O)[O-])cc3)C(=O)N1CCc1c2[nH]c2ccccc12. The van der Waals surface area contributed by atoms with Crippen molar-refractivity contribution in [1.82, 2.24) is 9.88 Å². The van der Waals surface area contributed by atoms with Gasteiger partial charge >= 0.3 is 6.03 Å². The van der Waals surface area contributed by atoms with E-state index < -0.39 is 17.5 Å². The number of H-pyrrole nitrogens is 1. The number of rotatable bonds is 2. The number of aromatic carboxylic acids is 1. The first-order valence-electron chi connectivity index (χ1n) is 9.00. The highest BCUT2D eigenvalue weighted by Crippen LogP contribution is 2.45. The zero-order valence-corrected chi connectivity index (χ0v) is 15.1. The lowest BCUT2D eigenvalue weighted by Gasteiger charge is -2.35. The maximum atomic E-state index is 13.4. The van der Waals surface area contributed by atoms with Gasteiger partial charge in [0.1, 0.15) is 0 Å². The van der Waals surface area contributed by atoms with E-state index >= 15 is 0 Å². The first kappa shape index (κ1) is 16.6. The first-order valence-corrected chi connectivity index (χ1v) is 9.00. The summed E-state index contributed by atoms with van der Waals surface area (Å²) in [6.07, 6.45) is 0.658. The summed E-state index contributed by atoms with van der Waals surface area (Å²) >= 11 is 0. The molecule has 1 fully saturated rings. The highest BCUT2D eigenvalue weighted by molar-refractivity contribution is 6.23. The van der Waals surface area contributed by atoms with Crippen LogP contribution in [0.2, 0.25) is 0 Å². The van der Waals surface area contributed by atoms with E-state index in [9.17, 15) is 19.5 Å². The predicted molar refractivity (Wildman–Crippen MR) is 99.7 cm³/mol. The molecule has 7 nitrogen and oxygen atoms in total. The number of fused-ring (bicyclic) bond motifs is 5. The van der Waals surface area contributed by atoms with Crippen LogP contribution in [0.1, 0.15) is 28.5 Å². The molecule has 7 heteroatoms. The fourth-order valence-corrected chi connectivity index (χ4v) is 4.37. The van der Waals surface area contributed by atoms with Gasteiger partial charge in [0.05, 0.1) is 17.4 Å². The van der Waals surface area contributed by atoms with Gasteiger partial charge in [0.25, 0.3) is 5.91 Å². The summed E-state index contributed by atoms with van der Waals surface area (Å²) in [5.41, 5.74) is 1.94. The fraction of sp³-hybridized carbons (Fsp3) is 0.190. The summed E-state index contributed by atoms with van der Waals surface area (Å²) in [5, 5.41) is 12.0. The maximum Gasteiger partial charge on any atom is 0.332 e. The normalized spacial score (nSPS) is 21.2. The van der Waals surface area contributed by atoms with Crippen molar-refractivity contribution in [1.29, 1.82) is 0 Å². The second-order valence-electron chi connectivity index (χ2n) is 7.26. The molecule has 2 aliphatic heterocycles. The van der Waals surface area contributed by atoms with Gasteiger partial charge in [0.2, 0.25) is 0 Å². The van der Waals surface area contributed by atoms with Crippen molar-refractivity contribution < 1.29 is 19.5 Å². The molecule has 2 aliphatic rings. The molecule has 1 atom stereocenters. The Hall–Kier alpha value is -3.61. The lowest BCUT2D eigenvalue weighted by Crippen LogP contribution is -2.49. The summed E-state index contributed by atoms with van der Waals surface area (Å²) < 4.78 is 0. The number of para-hydroxylation sites is 1. The number of urea groups is 1. The Labute approximate surface area is 160 Å². The van der Waals surface area contributed by atoms with Gasteiger partial charge in [0, 0.05) is 17.4 Å². The zero-order valence-electron chi connectivity index (χ0n) is 15.1. The smallest absolute Gasteiger partial charge is 0.332 e. The quantitative estimate of drug-likeness (QED) is 0.692. The fourth-order valence-electron chi connectivity index (χ4n) is 4.37. The van der Waals surface area contributed by atoms with Crippen molar-refractivity contribution in [3.05, 3.63) is 65.4 Å². The average molecular weight is 374 g/mol. The molecule has 1 N–H and O–H groups in total. The molecular weight excluding hydrogens is 358 g/mol. The molecule has 0 unspecified atom stereocenters. The van der Waals surface area contributed by atoms with Crippen LogP contribution in [0.3, 0.4) is 0 Å². The van der Waals surface area contributed by atoms with Crippen molar-refractivity contribution in [2.75, 3.05) is 11.4 Å². The zero-order chi connectivity index (χ0) is 19.6. The molecule has 140 valence electrons. The van der Waals surface area contributed by atoms with Crippen molar-refractivity contribution in [2.24, 2.45) is 0 Å². The van der Waals surface area contributed by atoms with E-state index in [4.69, 9.17) is 0 Å². The molecule has 0 bridgehead atoms. The number of aromatic nitrogens is 1. The van der Waals surface area contributed by atoms with Gasteiger partial charge in [-0.15, -0.1) is 0 Å². The van der Waals surface area contributed by atoms with Crippen molar-refractivity contribution in [3.63, 3.8) is 0 Å². The minimum absolute atomic E-state index is 0.00955. The Morgan fingerprint density at radius 3 is 2.54 bits per heavy atom. The second kappa shape index (κ2) is 5.45. The number of amides is 3. The molecule has 3 amide bonds. The third-order valence-electron chi connectivity index (χ3n) is 5.83. The molecule has 0 spiro atoms. The van der Waals surface area contributed by atoms with Gasteiger partial charge in [-0.05, 0) is 42.7 Å². The molecule has 0 aliphatic carbocycles. The number of anilines is 1. The van der Waals surface area contributed by atoms with E-state index in [-0.39, 0.29) is 11.5 Å². The summed E-state index contributed by atoms with van der Waals surface area (Å²) in [6, 6.07) is 13.0. The molecule has 1 saturated heterocycles. The van der Waals surface area contributed by atoms with Gasteiger partial charge in [0.15, 0.2) is 5.54 Å². The largest absolute Gasteiger partial charge is 0.545 e. The van der Waals surface area contributed by atoms with Crippen LogP contribution in [0.25, 0.3) is 10.9 Å². The van der Waals surface area contributed by atoms with E-state index in [1.807, 2.05) is 24.3 Å². The van der Waals surface area contributed by atoms with Crippen LogP contribution in [-0.4, -0.2) is 34.3 Å². The average Bonchev–Trinajstić information content (AvgIpc) is 3.17. The summed E-state index contributed by atoms with van der Waals surface area (Å²) in [7, 11) is 0. The number of benzene rings is 2. The van der Waals surface area contributed by atoms with Gasteiger partial charge in [-0.3, -0.25) is 4.79 Å². The summed E-state index contributed by atoms with van der Waals surface area (Å²) in [5.74, 6) is -1.66. The lowest BCUT2D eigenvalue weighted by molar-refractivity contribution is -0.255. The van der Waals surface area contributed by atoms with E-state index in [1.54, 1.807) is 11.8 Å². The van der Waals surface area contributed by atoms with E-state index in [1.165, 1.54) is 24.3 Å². The van der Waals surface area contributed by atoms with Crippen LogP contribution in [0.4, 0.5) is 10.5 Å². The Kier molecular flexibility index (Phi) is 3.22. The Morgan fingerprint density at radius 2 is 1.82 bits per heavy atom. The number of carbonyl (C=O) groups is 3. The molecule has 0 saturated carbocycles. The minimum atomic E-state index is -1.31. The summed E-state index contributed by atoms with van der Waals surface area (Å²) in [4.78, 5) is 43.6. The number of nitrogens with one attached hydrogen (secondary N) is 1. The number of nitrogens with zero attached hydrogens (tertiary/aromatic N) is 2.